The summed E-state index contributed by atoms with van der Waals surface area (Å²) < 4.78 is 0. The number of nitrogens with two attached hydrogens (primary N) is 1. The summed E-state index contributed by atoms with van der Waals surface area (Å²) in [4.78, 5) is 11.6. The third kappa shape index (κ3) is 4.83. The Morgan fingerprint density at radius 3 is 2.23 bits per heavy atom. The molecule has 0 aromatic rings. The minimum atomic E-state index is 0.0272. The van der Waals surface area contributed by atoms with E-state index in [4.69, 9.17) is 5.73 Å². The summed E-state index contributed by atoms with van der Waals surface area (Å²) >= 11 is 0. The van der Waals surface area contributed by atoms with Crippen LogP contribution >= 0.6 is 0 Å². The van der Waals surface area contributed by atoms with Gasteiger partial charge in [0.05, 0.1) is 0 Å². The van der Waals surface area contributed by atoms with Gasteiger partial charge in [-0.1, -0.05) is 19.4 Å². The highest BCUT2D eigenvalue weighted by Crippen LogP contribution is 2.14. The van der Waals surface area contributed by atoms with E-state index in [1.54, 1.807) is 0 Å². The van der Waals surface area contributed by atoms with E-state index in [9.17, 15) is 4.79 Å². The summed E-state index contributed by atoms with van der Waals surface area (Å²) in [6.07, 6.45) is 1.39. The van der Waals surface area contributed by atoms with Crippen LogP contribution in [0.15, 0.2) is 12.2 Å². The molecule has 2 nitrogen and oxygen atoms in total. The second-order valence-electron chi connectivity index (χ2n) is 4.01. The van der Waals surface area contributed by atoms with E-state index in [1.165, 1.54) is 0 Å². The summed E-state index contributed by atoms with van der Waals surface area (Å²) in [7, 11) is 0. The SMILES string of the molecule is C=C(C)CCC(=O)C(CN)C(C)C. The van der Waals surface area contributed by atoms with Gasteiger partial charge in [-0.25, -0.2) is 0 Å². The molecule has 0 heterocycles. The van der Waals surface area contributed by atoms with Gasteiger partial charge in [-0.2, -0.15) is 0 Å². The largest absolute Gasteiger partial charge is 0.330 e. The van der Waals surface area contributed by atoms with Crippen LogP contribution in [0.3, 0.4) is 0 Å². The molecule has 76 valence electrons. The molecule has 0 amide bonds. The van der Waals surface area contributed by atoms with Gasteiger partial charge in [0.15, 0.2) is 0 Å². The lowest BCUT2D eigenvalue weighted by Crippen LogP contribution is -2.28. The Bertz CT molecular complexity index is 185. The number of allylic oxidation sites excluding steroid dienone is 1. The first-order valence-corrected chi connectivity index (χ1v) is 4.86. The fraction of sp³-hybridized carbons (Fsp3) is 0.727. The number of Topliss-reactive ketones (excluding diaryl/α,β-unsaturated/α-hetero) is 1. The third-order valence-corrected chi connectivity index (χ3v) is 2.27. The topological polar surface area (TPSA) is 43.1 Å². The van der Waals surface area contributed by atoms with Gasteiger partial charge in [0, 0.05) is 18.9 Å². The van der Waals surface area contributed by atoms with Crippen LogP contribution in [0.5, 0.6) is 0 Å². The Balaban J connectivity index is 3.99. The quantitative estimate of drug-likeness (QED) is 0.641. The molecule has 1 unspecified atom stereocenters. The number of carbonyl (C=O) groups is 1. The average molecular weight is 183 g/mol. The highest BCUT2D eigenvalue weighted by atomic mass is 16.1. The number of hydrogen-bond acceptors (Lipinski definition) is 2. The van der Waals surface area contributed by atoms with Crippen molar-refractivity contribution in [1.82, 2.24) is 0 Å². The molecule has 0 aliphatic carbocycles. The maximum atomic E-state index is 11.6. The van der Waals surface area contributed by atoms with E-state index in [0.717, 1.165) is 12.0 Å². The van der Waals surface area contributed by atoms with E-state index < -0.39 is 0 Å². The second kappa shape index (κ2) is 5.92. The molecule has 0 saturated heterocycles. The molecule has 1 atom stereocenters. The van der Waals surface area contributed by atoms with Crippen LogP contribution in [-0.4, -0.2) is 12.3 Å². The first-order valence-electron chi connectivity index (χ1n) is 4.86. The molecule has 0 aliphatic heterocycles. The Kier molecular flexibility index (Phi) is 5.63. The Morgan fingerprint density at radius 2 is 1.92 bits per heavy atom. The zero-order valence-electron chi connectivity index (χ0n) is 8.97. The first kappa shape index (κ1) is 12.4. The Labute approximate surface area is 81.2 Å². The molecule has 0 fully saturated rings. The van der Waals surface area contributed by atoms with Crippen molar-refractivity contribution in [2.75, 3.05) is 6.54 Å². The summed E-state index contributed by atoms with van der Waals surface area (Å²) in [6, 6.07) is 0. The minimum absolute atomic E-state index is 0.0272. The summed E-state index contributed by atoms with van der Waals surface area (Å²) in [5, 5.41) is 0. The third-order valence-electron chi connectivity index (χ3n) is 2.27. The van der Waals surface area contributed by atoms with Crippen molar-refractivity contribution in [2.24, 2.45) is 17.6 Å². The van der Waals surface area contributed by atoms with E-state index >= 15 is 0 Å². The maximum Gasteiger partial charge on any atom is 0.137 e. The molecule has 2 heteroatoms. The van der Waals surface area contributed by atoms with Gasteiger partial charge >= 0.3 is 0 Å². The van der Waals surface area contributed by atoms with Crippen LogP contribution in [0.2, 0.25) is 0 Å². The molecule has 13 heavy (non-hydrogen) atoms. The number of hydrogen-bond donors (Lipinski definition) is 1. The Hall–Kier alpha value is -0.630. The van der Waals surface area contributed by atoms with Gasteiger partial charge in [-0.15, -0.1) is 6.58 Å². The van der Waals surface area contributed by atoms with Crippen molar-refractivity contribution in [1.29, 1.82) is 0 Å². The van der Waals surface area contributed by atoms with Crippen molar-refractivity contribution in [2.45, 2.75) is 33.6 Å². The van der Waals surface area contributed by atoms with Gasteiger partial charge in [-0.05, 0) is 19.3 Å². The molecule has 0 bridgehead atoms. The second-order valence-corrected chi connectivity index (χ2v) is 4.01. The molecule has 0 radical (unpaired) electrons. The Morgan fingerprint density at radius 1 is 1.38 bits per heavy atom. The molecule has 0 aromatic heterocycles. The zero-order chi connectivity index (χ0) is 10.4. The van der Waals surface area contributed by atoms with E-state index in [0.29, 0.717) is 18.9 Å². The van der Waals surface area contributed by atoms with E-state index in [1.807, 2.05) is 20.8 Å². The van der Waals surface area contributed by atoms with Crippen molar-refractivity contribution < 1.29 is 4.79 Å². The summed E-state index contributed by atoms with van der Waals surface area (Å²) in [5.74, 6) is 0.655. The summed E-state index contributed by atoms with van der Waals surface area (Å²) in [6.45, 7) is 10.3. The number of ketones is 1. The monoisotopic (exact) mass is 183 g/mol. The van der Waals surface area contributed by atoms with E-state index in [2.05, 4.69) is 6.58 Å². The highest BCUT2D eigenvalue weighted by Gasteiger charge is 2.19. The predicted molar refractivity (Wildman–Crippen MR) is 56.4 cm³/mol. The lowest BCUT2D eigenvalue weighted by Gasteiger charge is -2.17. The smallest absolute Gasteiger partial charge is 0.137 e. The summed E-state index contributed by atoms with van der Waals surface area (Å²) in [5.41, 5.74) is 6.60. The molecule has 0 aliphatic rings. The van der Waals surface area contributed by atoms with E-state index in [-0.39, 0.29) is 11.7 Å². The molecule has 0 aromatic carbocycles. The average Bonchev–Trinajstić information content (AvgIpc) is 2.01. The number of rotatable bonds is 6. The number of carbonyl (C=O) groups excluding carboxylic acids is 1. The standard InChI is InChI=1S/C11H21NO/c1-8(2)5-6-11(13)10(7-12)9(3)4/h9-10H,1,5-7,12H2,2-4H3. The van der Waals surface area contributed by atoms with Crippen LogP contribution in [0.4, 0.5) is 0 Å². The molecule has 0 saturated carbocycles. The van der Waals surface area contributed by atoms with Gasteiger partial charge in [0.1, 0.15) is 5.78 Å². The van der Waals surface area contributed by atoms with Crippen LogP contribution < -0.4 is 5.73 Å². The molecular formula is C11H21NO. The van der Waals surface area contributed by atoms with Crippen molar-refractivity contribution in [3.05, 3.63) is 12.2 Å². The van der Waals surface area contributed by atoms with Crippen molar-refractivity contribution in [3.8, 4) is 0 Å². The van der Waals surface area contributed by atoms with Crippen molar-refractivity contribution in [3.63, 3.8) is 0 Å². The van der Waals surface area contributed by atoms with Gasteiger partial charge in [-0.3, -0.25) is 4.79 Å². The van der Waals surface area contributed by atoms with Crippen LogP contribution in [0.25, 0.3) is 0 Å². The lowest BCUT2D eigenvalue weighted by molar-refractivity contribution is -0.123. The fourth-order valence-corrected chi connectivity index (χ4v) is 1.30. The maximum absolute atomic E-state index is 11.6. The van der Waals surface area contributed by atoms with Crippen LogP contribution in [-0.2, 0) is 4.79 Å². The van der Waals surface area contributed by atoms with Gasteiger partial charge < -0.3 is 5.73 Å². The fourth-order valence-electron chi connectivity index (χ4n) is 1.30. The van der Waals surface area contributed by atoms with Gasteiger partial charge in [0.25, 0.3) is 0 Å². The molecule has 0 rings (SSSR count). The van der Waals surface area contributed by atoms with Crippen molar-refractivity contribution >= 4 is 5.78 Å². The van der Waals surface area contributed by atoms with Crippen LogP contribution in [0.1, 0.15) is 33.6 Å². The zero-order valence-corrected chi connectivity index (χ0v) is 8.97. The lowest BCUT2D eigenvalue weighted by atomic mass is 9.89. The van der Waals surface area contributed by atoms with Gasteiger partial charge in [0.2, 0.25) is 0 Å². The highest BCUT2D eigenvalue weighted by molar-refractivity contribution is 5.81. The molecule has 2 N–H and O–H groups in total. The molecule has 0 spiro atoms. The minimum Gasteiger partial charge on any atom is -0.330 e. The first-order chi connectivity index (χ1) is 5.99. The normalized spacial score (nSPS) is 13.0. The van der Waals surface area contributed by atoms with Crippen LogP contribution in [0, 0.1) is 11.8 Å². The predicted octanol–water partition coefficient (Wildman–Crippen LogP) is 2.14. The molecular weight excluding hydrogens is 162 g/mol.